The normalized spacial score (nSPS) is 19.4. The highest BCUT2D eigenvalue weighted by Gasteiger charge is 2.51. The van der Waals surface area contributed by atoms with Gasteiger partial charge in [0.1, 0.15) is 24.3 Å². The van der Waals surface area contributed by atoms with E-state index in [1.165, 1.54) is 10.7 Å². The molecule has 4 unspecified atom stereocenters. The smallest absolute Gasteiger partial charge is 0.338 e. The van der Waals surface area contributed by atoms with Gasteiger partial charge in [0.2, 0.25) is 0 Å². The van der Waals surface area contributed by atoms with E-state index in [1.54, 1.807) is 108 Å². The van der Waals surface area contributed by atoms with Crippen LogP contribution in [0.15, 0.2) is 110 Å². The van der Waals surface area contributed by atoms with Crippen molar-refractivity contribution in [1.82, 2.24) is 14.2 Å². The highest BCUT2D eigenvalue weighted by molar-refractivity contribution is 5.91. The highest BCUT2D eigenvalue weighted by Crippen LogP contribution is 2.37. The van der Waals surface area contributed by atoms with Crippen molar-refractivity contribution in [3.63, 3.8) is 0 Å². The molecule has 5 aromatic rings. The molecule has 1 fully saturated rings. The molecule has 214 valence electrons. The zero-order valence-electron chi connectivity index (χ0n) is 22.6. The molecule has 11 heteroatoms. The van der Waals surface area contributed by atoms with Crippen molar-refractivity contribution >= 4 is 23.6 Å². The SMILES string of the molecule is N#Cc1cnn2ccn(C3OC(COC(=O)c4ccccc4)C(OC(=O)c4ccccc4)C3OC(=O)c3ccccc3)c12. The lowest BCUT2D eigenvalue weighted by Crippen LogP contribution is -2.41. The van der Waals surface area contributed by atoms with Crippen LogP contribution < -0.4 is 0 Å². The van der Waals surface area contributed by atoms with E-state index in [-0.39, 0.29) is 23.3 Å². The summed E-state index contributed by atoms with van der Waals surface area (Å²) in [6.45, 7) is -0.321. The van der Waals surface area contributed by atoms with Crippen LogP contribution >= 0.6 is 0 Å². The molecule has 2 aromatic heterocycles. The molecule has 1 aliphatic rings. The molecule has 0 spiro atoms. The Hall–Kier alpha value is -5.73. The minimum Gasteiger partial charge on any atom is -0.459 e. The van der Waals surface area contributed by atoms with Gasteiger partial charge in [-0.1, -0.05) is 54.6 Å². The van der Waals surface area contributed by atoms with Gasteiger partial charge in [-0.2, -0.15) is 10.4 Å². The second-order valence-corrected chi connectivity index (χ2v) is 9.65. The van der Waals surface area contributed by atoms with Crippen molar-refractivity contribution < 1.29 is 33.3 Å². The Morgan fingerprint density at radius 1 is 0.767 bits per heavy atom. The van der Waals surface area contributed by atoms with Crippen molar-refractivity contribution in [1.29, 1.82) is 5.26 Å². The summed E-state index contributed by atoms with van der Waals surface area (Å²) in [6.07, 6.45) is 0.0910. The molecule has 6 rings (SSSR count). The number of imidazole rings is 1. The van der Waals surface area contributed by atoms with Gasteiger partial charge in [-0.25, -0.2) is 18.9 Å². The molecule has 1 saturated heterocycles. The average Bonchev–Trinajstić information content (AvgIpc) is 3.75. The number of fused-ring (bicyclic) bond motifs is 1. The number of nitrogens with zero attached hydrogens (tertiary/aromatic N) is 4. The zero-order chi connectivity index (χ0) is 29.8. The van der Waals surface area contributed by atoms with Crippen molar-refractivity contribution in [2.24, 2.45) is 0 Å². The van der Waals surface area contributed by atoms with Crippen LogP contribution in [0.2, 0.25) is 0 Å². The summed E-state index contributed by atoms with van der Waals surface area (Å²) in [5.41, 5.74) is 1.49. The van der Waals surface area contributed by atoms with Gasteiger partial charge in [-0.15, -0.1) is 0 Å². The Morgan fingerprint density at radius 2 is 1.30 bits per heavy atom. The molecule has 43 heavy (non-hydrogen) atoms. The molecule has 0 amide bonds. The van der Waals surface area contributed by atoms with Gasteiger partial charge in [0.25, 0.3) is 0 Å². The number of aromatic nitrogens is 3. The third-order valence-corrected chi connectivity index (χ3v) is 6.96. The Kier molecular flexibility index (Phi) is 7.67. The third-order valence-electron chi connectivity index (χ3n) is 6.96. The Labute approximate surface area is 245 Å². The molecule has 0 radical (unpaired) electrons. The molecule has 0 aliphatic carbocycles. The van der Waals surface area contributed by atoms with Gasteiger partial charge in [0, 0.05) is 12.4 Å². The summed E-state index contributed by atoms with van der Waals surface area (Å²) in [7, 11) is 0. The van der Waals surface area contributed by atoms with Crippen molar-refractivity contribution in [3.05, 3.63) is 132 Å². The summed E-state index contributed by atoms with van der Waals surface area (Å²) in [4.78, 5) is 39.4. The standard InChI is InChI=1S/C32H24N4O7/c33-18-24-19-34-36-17-16-35(28(24)36)29-27(43-32(39)23-14-8-3-9-15-23)26(42-31(38)22-12-6-2-7-13-22)25(41-29)20-40-30(37)21-10-4-1-5-11-21/h1-17,19,25-27,29H,20H2. The van der Waals surface area contributed by atoms with Crippen molar-refractivity contribution in [3.8, 4) is 6.07 Å². The van der Waals surface area contributed by atoms with Crippen LogP contribution in [-0.4, -0.2) is 57.0 Å². The number of rotatable bonds is 8. The summed E-state index contributed by atoms with van der Waals surface area (Å²) in [5, 5.41) is 13.9. The van der Waals surface area contributed by atoms with E-state index in [1.807, 2.05) is 0 Å². The molecule has 11 nitrogen and oxygen atoms in total. The predicted molar refractivity (Wildman–Crippen MR) is 150 cm³/mol. The molecule has 3 heterocycles. The fourth-order valence-corrected chi connectivity index (χ4v) is 4.89. The zero-order valence-corrected chi connectivity index (χ0v) is 22.6. The maximum atomic E-state index is 13.3. The monoisotopic (exact) mass is 576 g/mol. The summed E-state index contributed by atoms with van der Waals surface area (Å²) < 4.78 is 26.9. The summed E-state index contributed by atoms with van der Waals surface area (Å²) in [5.74, 6) is -1.97. The molecular weight excluding hydrogens is 552 g/mol. The first-order valence-electron chi connectivity index (χ1n) is 13.4. The van der Waals surface area contributed by atoms with E-state index in [2.05, 4.69) is 11.2 Å². The molecular formula is C32H24N4O7. The fraction of sp³-hybridized carbons (Fsp3) is 0.156. The lowest BCUT2D eigenvalue weighted by atomic mass is 10.1. The Balaban J connectivity index is 1.38. The number of nitriles is 1. The maximum absolute atomic E-state index is 13.3. The van der Waals surface area contributed by atoms with Crippen LogP contribution in [-0.2, 0) is 18.9 Å². The van der Waals surface area contributed by atoms with Crippen molar-refractivity contribution in [2.45, 2.75) is 24.5 Å². The molecule has 4 atom stereocenters. The number of hydrogen-bond acceptors (Lipinski definition) is 9. The minimum absolute atomic E-state index is 0.249. The van der Waals surface area contributed by atoms with Gasteiger partial charge in [0.15, 0.2) is 24.1 Å². The quantitative estimate of drug-likeness (QED) is 0.197. The van der Waals surface area contributed by atoms with E-state index in [0.717, 1.165) is 0 Å². The van der Waals surface area contributed by atoms with E-state index in [4.69, 9.17) is 18.9 Å². The molecule has 1 aliphatic heterocycles. The number of ether oxygens (including phenoxy) is 4. The lowest BCUT2D eigenvalue weighted by Gasteiger charge is -2.25. The van der Waals surface area contributed by atoms with Gasteiger partial charge in [-0.3, -0.25) is 0 Å². The first-order chi connectivity index (χ1) is 21.0. The van der Waals surface area contributed by atoms with E-state index in [0.29, 0.717) is 11.2 Å². The van der Waals surface area contributed by atoms with Gasteiger partial charge >= 0.3 is 17.9 Å². The van der Waals surface area contributed by atoms with Crippen LogP contribution in [0.1, 0.15) is 42.9 Å². The summed E-state index contributed by atoms with van der Waals surface area (Å²) in [6, 6.07) is 27.2. The van der Waals surface area contributed by atoms with E-state index in [9.17, 15) is 19.6 Å². The van der Waals surface area contributed by atoms with Crippen molar-refractivity contribution in [2.75, 3.05) is 6.61 Å². The Bertz CT molecular complexity index is 1800. The molecule has 3 aromatic carbocycles. The fourth-order valence-electron chi connectivity index (χ4n) is 4.89. The van der Waals surface area contributed by atoms with Crippen LogP contribution in [0.4, 0.5) is 0 Å². The first-order valence-corrected chi connectivity index (χ1v) is 13.4. The van der Waals surface area contributed by atoms with E-state index < -0.39 is 42.4 Å². The average molecular weight is 577 g/mol. The highest BCUT2D eigenvalue weighted by atomic mass is 16.7. The topological polar surface area (TPSA) is 134 Å². The number of carbonyl (C=O) groups is 3. The number of carbonyl (C=O) groups excluding carboxylic acids is 3. The summed E-state index contributed by atoms with van der Waals surface area (Å²) >= 11 is 0. The molecule has 0 N–H and O–H groups in total. The Morgan fingerprint density at radius 3 is 1.86 bits per heavy atom. The van der Waals surface area contributed by atoms with Gasteiger partial charge in [0.05, 0.1) is 22.9 Å². The van der Waals surface area contributed by atoms with Crippen LogP contribution in [0.25, 0.3) is 5.65 Å². The van der Waals surface area contributed by atoms with Crippen LogP contribution in [0.5, 0.6) is 0 Å². The second kappa shape index (κ2) is 12.0. The first kappa shape index (κ1) is 27.4. The predicted octanol–water partition coefficient (Wildman–Crippen LogP) is 4.21. The molecule has 0 bridgehead atoms. The van der Waals surface area contributed by atoms with Gasteiger partial charge < -0.3 is 23.5 Å². The molecule has 0 saturated carbocycles. The van der Waals surface area contributed by atoms with Gasteiger partial charge in [-0.05, 0) is 36.4 Å². The van der Waals surface area contributed by atoms with Crippen LogP contribution in [0, 0.1) is 11.3 Å². The minimum atomic E-state index is -1.21. The number of esters is 3. The van der Waals surface area contributed by atoms with E-state index >= 15 is 0 Å². The largest absolute Gasteiger partial charge is 0.459 e. The maximum Gasteiger partial charge on any atom is 0.338 e. The second-order valence-electron chi connectivity index (χ2n) is 9.65. The lowest BCUT2D eigenvalue weighted by molar-refractivity contribution is -0.0604. The third kappa shape index (κ3) is 5.59. The van der Waals surface area contributed by atoms with Crippen LogP contribution in [0.3, 0.4) is 0 Å². The number of benzene rings is 3. The number of hydrogen-bond donors (Lipinski definition) is 0.